The third-order valence-corrected chi connectivity index (χ3v) is 10.3. The summed E-state index contributed by atoms with van der Waals surface area (Å²) in [7, 11) is 0. The Bertz CT molecular complexity index is 2450. The van der Waals surface area contributed by atoms with Gasteiger partial charge in [-0.15, -0.1) is 0 Å². The zero-order chi connectivity index (χ0) is 35.4. The molecule has 0 bridgehead atoms. The second-order valence-electron chi connectivity index (χ2n) is 13.2. The molecule has 9 nitrogen and oxygen atoms in total. The van der Waals surface area contributed by atoms with Crippen LogP contribution in [0, 0.1) is 18.8 Å². The van der Waals surface area contributed by atoms with E-state index in [4.69, 9.17) is 14.5 Å². The van der Waals surface area contributed by atoms with E-state index in [1.807, 2.05) is 67.6 Å². The van der Waals surface area contributed by atoms with Crippen molar-refractivity contribution in [2.75, 3.05) is 4.90 Å². The van der Waals surface area contributed by atoms with E-state index in [0.29, 0.717) is 34.7 Å². The smallest absolute Gasteiger partial charge is 0.355 e. The summed E-state index contributed by atoms with van der Waals surface area (Å²) in [6.45, 7) is 6.26. The lowest BCUT2D eigenvalue weighted by Crippen LogP contribution is -2.47. The Morgan fingerprint density at radius 2 is 1.69 bits per heavy atom. The first-order valence-electron chi connectivity index (χ1n) is 17.3. The second-order valence-corrected chi connectivity index (χ2v) is 13.2. The van der Waals surface area contributed by atoms with Crippen LogP contribution in [0.5, 0.6) is 0 Å². The van der Waals surface area contributed by atoms with Crippen LogP contribution in [0.2, 0.25) is 0 Å². The minimum atomic E-state index is -1.85. The lowest BCUT2D eigenvalue weighted by molar-refractivity contribution is -0.189. The molecule has 0 saturated carbocycles. The number of ether oxygens (including phenoxy) is 2. The Balaban J connectivity index is 1.11. The van der Waals surface area contributed by atoms with E-state index < -0.39 is 17.5 Å². The molecule has 254 valence electrons. The second kappa shape index (κ2) is 12.4. The Labute approximate surface area is 294 Å². The Morgan fingerprint density at radius 3 is 2.49 bits per heavy atom. The molecular formula is C42H35N3O6. The molecule has 51 heavy (non-hydrogen) atoms. The van der Waals surface area contributed by atoms with Crippen molar-refractivity contribution in [2.24, 2.45) is 0 Å². The van der Waals surface area contributed by atoms with Gasteiger partial charge in [-0.3, -0.25) is 14.4 Å². The molecule has 0 N–H and O–H groups in total. The number of carbonyl (C=O) groups is 3. The fourth-order valence-electron chi connectivity index (χ4n) is 7.63. The number of cyclic esters (lactones) is 1. The summed E-state index contributed by atoms with van der Waals surface area (Å²) >= 11 is 0. The standard InChI is InChI=1S/C42H35N3O6/c1-4-29-30-20-25(3)14-17-34(30)43-39-31(29)23-45-36(39)21-33-32(40(45)48)24-50-41(49)42(33,5-2)51-38(47)19-18-37(46)44-22-28-12-7-6-10-26(28)15-16-27-11-8-9-13-35(27)44/h6-14,17,20-21H,4-5,18-19,22-24H2,1-3H3/t42-/m0/s1. The van der Waals surface area contributed by atoms with Gasteiger partial charge >= 0.3 is 11.9 Å². The number of hydrogen-bond acceptors (Lipinski definition) is 7. The Morgan fingerprint density at radius 1 is 0.922 bits per heavy atom. The van der Waals surface area contributed by atoms with Crippen molar-refractivity contribution in [1.82, 2.24) is 9.55 Å². The SMILES string of the molecule is CCc1c2c(nc3ccc(C)cc13)-c1cc3c(c(=O)n1C2)COC(=O)[C@@]3(CC)OC(=O)CCC(=O)N1Cc2ccccc2C#Cc2ccccc21. The topological polar surface area (TPSA) is 108 Å². The molecule has 0 spiro atoms. The molecule has 0 unspecified atom stereocenters. The van der Waals surface area contributed by atoms with Crippen LogP contribution in [-0.4, -0.2) is 27.4 Å². The molecule has 3 aromatic carbocycles. The number of nitrogens with zero attached hydrogens (tertiary/aromatic N) is 3. The fraction of sp³-hybridized carbons (Fsp3) is 0.262. The summed E-state index contributed by atoms with van der Waals surface area (Å²) in [5.41, 5.74) is 6.81. The number of carbonyl (C=O) groups excluding carboxylic acids is 3. The first-order valence-corrected chi connectivity index (χ1v) is 17.3. The molecule has 5 aromatic rings. The lowest BCUT2D eigenvalue weighted by atomic mass is 9.85. The zero-order valence-corrected chi connectivity index (χ0v) is 28.7. The Kier molecular flexibility index (Phi) is 7.83. The van der Waals surface area contributed by atoms with Crippen molar-refractivity contribution in [2.45, 2.75) is 71.8 Å². The lowest BCUT2D eigenvalue weighted by Gasteiger charge is -2.35. The summed E-state index contributed by atoms with van der Waals surface area (Å²) in [5.74, 6) is 4.60. The van der Waals surface area contributed by atoms with Crippen LogP contribution in [-0.2, 0) is 55.6 Å². The van der Waals surface area contributed by atoms with Crippen molar-refractivity contribution < 1.29 is 23.9 Å². The van der Waals surface area contributed by atoms with Gasteiger partial charge in [0, 0.05) is 34.1 Å². The minimum Gasteiger partial charge on any atom is -0.457 e. The number of rotatable bonds is 6. The predicted octanol–water partition coefficient (Wildman–Crippen LogP) is 6.23. The quantitative estimate of drug-likeness (QED) is 0.152. The van der Waals surface area contributed by atoms with Gasteiger partial charge in [0.25, 0.3) is 5.56 Å². The summed E-state index contributed by atoms with van der Waals surface area (Å²) in [6.07, 6.45) is 0.344. The number of benzene rings is 3. The van der Waals surface area contributed by atoms with Crippen LogP contribution < -0.4 is 10.5 Å². The van der Waals surface area contributed by atoms with E-state index in [1.165, 1.54) is 0 Å². The Hall–Kier alpha value is -6.01. The fourth-order valence-corrected chi connectivity index (χ4v) is 7.63. The van der Waals surface area contributed by atoms with Crippen LogP contribution in [0.1, 0.15) is 77.6 Å². The molecule has 0 radical (unpaired) electrons. The number of esters is 2. The maximum atomic E-state index is 14.1. The molecule has 0 aliphatic carbocycles. The molecule has 1 atom stereocenters. The van der Waals surface area contributed by atoms with E-state index in [1.54, 1.807) is 22.5 Å². The number of anilines is 1. The maximum absolute atomic E-state index is 14.1. The van der Waals surface area contributed by atoms with E-state index in [9.17, 15) is 19.2 Å². The first-order chi connectivity index (χ1) is 24.7. The van der Waals surface area contributed by atoms with Gasteiger partial charge in [0.1, 0.15) is 6.61 Å². The van der Waals surface area contributed by atoms with Gasteiger partial charge in [0.15, 0.2) is 0 Å². The highest BCUT2D eigenvalue weighted by Gasteiger charge is 2.50. The highest BCUT2D eigenvalue weighted by molar-refractivity contribution is 5.97. The molecule has 9 heteroatoms. The van der Waals surface area contributed by atoms with Gasteiger partial charge in [0.2, 0.25) is 11.5 Å². The molecule has 8 rings (SSSR count). The summed E-state index contributed by atoms with van der Waals surface area (Å²) in [6, 6.07) is 23.0. The molecule has 3 aliphatic heterocycles. The molecule has 1 amide bonds. The number of fused-ring (bicyclic) bond motifs is 7. The van der Waals surface area contributed by atoms with Crippen LogP contribution in [0.15, 0.2) is 77.6 Å². The highest BCUT2D eigenvalue weighted by atomic mass is 16.6. The summed E-state index contributed by atoms with van der Waals surface area (Å²) in [4.78, 5) is 61.8. The molecule has 0 saturated heterocycles. The van der Waals surface area contributed by atoms with Crippen LogP contribution in [0.4, 0.5) is 5.69 Å². The van der Waals surface area contributed by atoms with Crippen molar-refractivity contribution in [3.8, 4) is 23.2 Å². The molecule has 3 aliphatic rings. The van der Waals surface area contributed by atoms with Gasteiger partial charge in [-0.05, 0) is 67.3 Å². The highest BCUT2D eigenvalue weighted by Crippen LogP contribution is 2.42. The van der Waals surface area contributed by atoms with Gasteiger partial charge < -0.3 is 18.9 Å². The number of aromatic nitrogens is 2. The van der Waals surface area contributed by atoms with Crippen LogP contribution in [0.3, 0.4) is 0 Å². The summed E-state index contributed by atoms with van der Waals surface area (Å²) in [5, 5.41) is 1.06. The van der Waals surface area contributed by atoms with Crippen LogP contribution in [0.25, 0.3) is 22.3 Å². The predicted molar refractivity (Wildman–Crippen MR) is 192 cm³/mol. The van der Waals surface area contributed by atoms with E-state index in [-0.39, 0.29) is 49.4 Å². The van der Waals surface area contributed by atoms with Gasteiger partial charge in [0.05, 0.1) is 47.7 Å². The van der Waals surface area contributed by atoms with Gasteiger partial charge in [-0.25, -0.2) is 9.78 Å². The normalized spacial score (nSPS) is 16.7. The van der Waals surface area contributed by atoms with Crippen LogP contribution >= 0.6 is 0 Å². The third-order valence-electron chi connectivity index (χ3n) is 10.3. The average Bonchev–Trinajstić information content (AvgIpc) is 3.50. The molecule has 5 heterocycles. The first kappa shape index (κ1) is 32.2. The van der Waals surface area contributed by atoms with E-state index in [2.05, 4.69) is 24.8 Å². The van der Waals surface area contributed by atoms with Gasteiger partial charge in [-0.2, -0.15) is 0 Å². The number of hydrogen-bond donors (Lipinski definition) is 0. The van der Waals surface area contributed by atoms with E-state index >= 15 is 0 Å². The molecule has 2 aromatic heterocycles. The third kappa shape index (κ3) is 5.21. The van der Waals surface area contributed by atoms with Crippen molar-refractivity contribution in [1.29, 1.82) is 0 Å². The molecule has 0 fully saturated rings. The number of pyridine rings is 2. The average molecular weight is 678 g/mol. The number of amides is 1. The zero-order valence-electron chi connectivity index (χ0n) is 28.7. The maximum Gasteiger partial charge on any atom is 0.355 e. The van der Waals surface area contributed by atoms with Crippen molar-refractivity contribution in [3.05, 3.63) is 128 Å². The van der Waals surface area contributed by atoms with Crippen molar-refractivity contribution >= 4 is 34.4 Å². The van der Waals surface area contributed by atoms with Gasteiger partial charge in [-0.1, -0.05) is 67.6 Å². The molecular weight excluding hydrogens is 642 g/mol. The minimum absolute atomic E-state index is 0.0356. The monoisotopic (exact) mass is 677 g/mol. The van der Waals surface area contributed by atoms with Crippen molar-refractivity contribution in [3.63, 3.8) is 0 Å². The number of aryl methyl sites for hydroxylation is 2. The largest absolute Gasteiger partial charge is 0.457 e. The van der Waals surface area contributed by atoms with E-state index in [0.717, 1.165) is 45.1 Å². The summed E-state index contributed by atoms with van der Waals surface area (Å²) < 4.78 is 13.2. The number of para-hydroxylation sites is 1.